The molecule has 1 fully saturated rings. The maximum Gasteiger partial charge on any atom is 0.416 e. The molecule has 3 aromatic carbocycles. The number of carbonyl (C=O) groups excluding carboxylic acids is 1. The van der Waals surface area contributed by atoms with E-state index in [-0.39, 0.29) is 12.1 Å². The molecule has 0 aliphatic heterocycles. The Kier molecular flexibility index (Phi) is 4.89. The summed E-state index contributed by atoms with van der Waals surface area (Å²) in [4.78, 5) is 12.4. The second-order valence-corrected chi connectivity index (χ2v) is 7.78. The number of carbonyl (C=O) groups is 1. The number of ether oxygens (including phenoxy) is 1. The second kappa shape index (κ2) is 7.75. The number of nitrogens with zero attached hydrogens (tertiary/aromatic N) is 1. The quantitative estimate of drug-likeness (QED) is 0.354. The van der Waals surface area contributed by atoms with Crippen LogP contribution in [-0.2, 0) is 10.9 Å². The lowest BCUT2D eigenvalue weighted by Crippen LogP contribution is -2.09. The first-order chi connectivity index (χ1) is 15.4. The van der Waals surface area contributed by atoms with Crippen molar-refractivity contribution in [1.82, 2.24) is 4.57 Å². The maximum absolute atomic E-state index is 12.8. The van der Waals surface area contributed by atoms with Gasteiger partial charge in [0.15, 0.2) is 0 Å². The van der Waals surface area contributed by atoms with Crippen molar-refractivity contribution >= 4 is 28.2 Å². The minimum absolute atomic E-state index is 0.0249. The van der Waals surface area contributed by atoms with Crippen LogP contribution in [-0.4, -0.2) is 16.6 Å². The average molecular weight is 436 g/mol. The summed E-state index contributed by atoms with van der Waals surface area (Å²) in [5.41, 5.74) is 2.73. The summed E-state index contributed by atoms with van der Waals surface area (Å²) in [7, 11) is 0. The molecule has 0 bridgehead atoms. The van der Waals surface area contributed by atoms with Crippen LogP contribution < -0.4 is 5.32 Å². The number of benzene rings is 3. The number of alkyl halides is 3. The topological polar surface area (TPSA) is 43.3 Å². The molecule has 32 heavy (non-hydrogen) atoms. The highest BCUT2D eigenvalue weighted by molar-refractivity contribution is 5.97. The van der Waals surface area contributed by atoms with Gasteiger partial charge >= 0.3 is 12.1 Å². The molecule has 0 spiro atoms. The average Bonchev–Trinajstić information content (AvgIpc) is 3.49. The Balaban J connectivity index is 1.41. The van der Waals surface area contributed by atoms with Gasteiger partial charge in [-0.3, -0.25) is 0 Å². The summed E-state index contributed by atoms with van der Waals surface area (Å²) in [6.45, 7) is 0. The van der Waals surface area contributed by atoms with Crippen molar-refractivity contribution in [2.24, 2.45) is 0 Å². The summed E-state index contributed by atoms with van der Waals surface area (Å²) >= 11 is 0. The number of halogens is 3. The molecular formula is C25H19F3N2O2. The highest BCUT2D eigenvalue weighted by Crippen LogP contribution is 2.32. The zero-order chi connectivity index (χ0) is 22.3. The van der Waals surface area contributed by atoms with Gasteiger partial charge in [0.25, 0.3) is 0 Å². The number of aromatic nitrogens is 1. The van der Waals surface area contributed by atoms with Gasteiger partial charge in [0.05, 0.1) is 22.3 Å². The van der Waals surface area contributed by atoms with E-state index in [1.807, 2.05) is 47.2 Å². The SMILES string of the molecule is O=C(OC1CC1)c1ccccc1Nc1ccc2c(ccn2-c2ccc(C(F)(F)F)cc2)c1. The smallest absolute Gasteiger partial charge is 0.416 e. The van der Waals surface area contributed by atoms with E-state index in [9.17, 15) is 18.0 Å². The largest absolute Gasteiger partial charge is 0.459 e. The van der Waals surface area contributed by atoms with Crippen LogP contribution in [0.4, 0.5) is 24.5 Å². The Hall–Kier alpha value is -3.74. The normalized spacial score (nSPS) is 13.8. The van der Waals surface area contributed by atoms with E-state index >= 15 is 0 Å². The van der Waals surface area contributed by atoms with Crippen LogP contribution in [0.3, 0.4) is 0 Å². The molecule has 0 atom stereocenters. The van der Waals surface area contributed by atoms with Crippen LogP contribution in [0.2, 0.25) is 0 Å². The predicted molar refractivity (Wildman–Crippen MR) is 116 cm³/mol. The Morgan fingerprint density at radius 2 is 1.72 bits per heavy atom. The van der Waals surface area contributed by atoms with E-state index in [0.29, 0.717) is 16.9 Å². The van der Waals surface area contributed by atoms with E-state index in [1.54, 1.807) is 12.1 Å². The monoisotopic (exact) mass is 436 g/mol. The Morgan fingerprint density at radius 3 is 2.44 bits per heavy atom. The van der Waals surface area contributed by atoms with E-state index in [4.69, 9.17) is 4.74 Å². The maximum atomic E-state index is 12.8. The lowest BCUT2D eigenvalue weighted by atomic mass is 10.1. The van der Waals surface area contributed by atoms with Gasteiger partial charge in [-0.1, -0.05) is 12.1 Å². The van der Waals surface area contributed by atoms with Gasteiger partial charge in [0.2, 0.25) is 0 Å². The van der Waals surface area contributed by atoms with Crippen molar-refractivity contribution in [2.75, 3.05) is 5.32 Å². The second-order valence-electron chi connectivity index (χ2n) is 7.78. The molecule has 162 valence electrons. The summed E-state index contributed by atoms with van der Waals surface area (Å²) in [6, 6.07) is 19.8. The number of nitrogens with one attached hydrogen (secondary N) is 1. The summed E-state index contributed by atoms with van der Waals surface area (Å²) in [6.07, 6.45) is -0.698. The molecule has 1 saturated carbocycles. The van der Waals surface area contributed by atoms with Crippen LogP contribution in [0.1, 0.15) is 28.8 Å². The number of rotatable bonds is 5. The van der Waals surface area contributed by atoms with Gasteiger partial charge in [-0.05, 0) is 73.5 Å². The van der Waals surface area contributed by atoms with E-state index in [1.165, 1.54) is 12.1 Å². The fourth-order valence-electron chi connectivity index (χ4n) is 3.58. The van der Waals surface area contributed by atoms with Crippen molar-refractivity contribution < 1.29 is 22.7 Å². The summed E-state index contributed by atoms with van der Waals surface area (Å²) in [5.74, 6) is -0.342. The fraction of sp³-hybridized carbons (Fsp3) is 0.160. The molecule has 0 radical (unpaired) electrons. The highest BCUT2D eigenvalue weighted by Gasteiger charge is 2.30. The number of hydrogen-bond acceptors (Lipinski definition) is 3. The Morgan fingerprint density at radius 1 is 0.969 bits per heavy atom. The zero-order valence-electron chi connectivity index (χ0n) is 16.9. The van der Waals surface area contributed by atoms with Crippen LogP contribution in [0.25, 0.3) is 16.6 Å². The number of anilines is 2. The van der Waals surface area contributed by atoms with Gasteiger partial charge in [0, 0.05) is 23.0 Å². The van der Waals surface area contributed by atoms with Gasteiger partial charge < -0.3 is 14.6 Å². The number of fused-ring (bicyclic) bond motifs is 1. The lowest BCUT2D eigenvalue weighted by molar-refractivity contribution is -0.137. The third-order valence-electron chi connectivity index (χ3n) is 5.39. The Labute approximate surface area is 182 Å². The molecule has 0 unspecified atom stereocenters. The molecule has 4 aromatic rings. The molecule has 1 N–H and O–H groups in total. The van der Waals surface area contributed by atoms with Crippen molar-refractivity contribution in [3.8, 4) is 5.69 Å². The minimum atomic E-state index is -4.36. The molecule has 0 saturated heterocycles. The Bertz CT molecular complexity index is 1290. The van der Waals surface area contributed by atoms with Crippen LogP contribution in [0.15, 0.2) is 79.0 Å². The van der Waals surface area contributed by atoms with Gasteiger partial charge in [-0.15, -0.1) is 0 Å². The van der Waals surface area contributed by atoms with E-state index < -0.39 is 11.7 Å². The van der Waals surface area contributed by atoms with Gasteiger partial charge in [-0.25, -0.2) is 4.79 Å². The van der Waals surface area contributed by atoms with Gasteiger partial charge in [0.1, 0.15) is 6.10 Å². The van der Waals surface area contributed by atoms with Crippen molar-refractivity contribution in [3.05, 3.63) is 90.1 Å². The first-order valence-corrected chi connectivity index (χ1v) is 10.2. The predicted octanol–water partition coefficient (Wildman–Crippen LogP) is 6.71. The molecule has 7 heteroatoms. The van der Waals surface area contributed by atoms with Crippen LogP contribution >= 0.6 is 0 Å². The van der Waals surface area contributed by atoms with Gasteiger partial charge in [-0.2, -0.15) is 13.2 Å². The summed E-state index contributed by atoms with van der Waals surface area (Å²) < 4.78 is 45.8. The fourth-order valence-corrected chi connectivity index (χ4v) is 3.58. The molecule has 5 rings (SSSR count). The standard InChI is InChI=1S/C25H19F3N2O2/c26-25(27,28)17-5-8-19(9-6-17)30-14-13-16-15-18(7-12-23(16)30)29-22-4-2-1-3-21(22)24(31)32-20-10-11-20/h1-9,12-15,20,29H,10-11H2. The molecule has 1 aliphatic carbocycles. The first kappa shape index (κ1) is 20.2. The first-order valence-electron chi connectivity index (χ1n) is 10.2. The van der Waals surface area contributed by atoms with Crippen LogP contribution in [0, 0.1) is 0 Å². The molecule has 0 amide bonds. The molecule has 1 aliphatic rings. The molecule has 1 aromatic heterocycles. The molecule has 1 heterocycles. The van der Waals surface area contributed by atoms with Crippen molar-refractivity contribution in [3.63, 3.8) is 0 Å². The van der Waals surface area contributed by atoms with E-state index in [0.717, 1.165) is 41.6 Å². The molecular weight excluding hydrogens is 417 g/mol. The molecule has 4 nitrogen and oxygen atoms in total. The third kappa shape index (κ3) is 4.06. The number of esters is 1. The zero-order valence-corrected chi connectivity index (χ0v) is 16.9. The van der Waals surface area contributed by atoms with Crippen molar-refractivity contribution in [1.29, 1.82) is 0 Å². The van der Waals surface area contributed by atoms with Crippen molar-refractivity contribution in [2.45, 2.75) is 25.1 Å². The number of para-hydroxylation sites is 1. The minimum Gasteiger partial charge on any atom is -0.459 e. The third-order valence-corrected chi connectivity index (χ3v) is 5.39. The lowest BCUT2D eigenvalue weighted by Gasteiger charge is -2.12. The number of hydrogen-bond donors (Lipinski definition) is 1. The summed E-state index contributed by atoms with van der Waals surface area (Å²) in [5, 5.41) is 4.19. The van der Waals surface area contributed by atoms with Crippen LogP contribution in [0.5, 0.6) is 0 Å². The van der Waals surface area contributed by atoms with E-state index in [2.05, 4.69) is 5.32 Å². The highest BCUT2D eigenvalue weighted by atomic mass is 19.4.